The molecule has 0 atom stereocenters. The molecule has 0 aromatic carbocycles. The molecule has 1 aliphatic carbocycles. The Hall–Kier alpha value is -2.34. The molecule has 0 heteroatoms. The average molecular weight is 451 g/mol. The zero-order valence-corrected chi connectivity index (χ0v) is 23.7. The lowest BCUT2D eigenvalue weighted by molar-refractivity contribution is 0.397. The van der Waals surface area contributed by atoms with Crippen molar-refractivity contribution in [3.05, 3.63) is 108 Å². The molecule has 0 unspecified atom stereocenters. The van der Waals surface area contributed by atoms with Gasteiger partial charge in [-0.05, 0) is 79.6 Å². The molecular formula is C33H54. The normalized spacial score (nSPS) is 15.9. The third-order valence-corrected chi connectivity index (χ3v) is 4.53. The molecular weight excluding hydrogens is 396 g/mol. The van der Waals surface area contributed by atoms with Crippen LogP contribution in [0.4, 0.5) is 0 Å². The molecule has 0 N–H and O–H groups in total. The molecule has 0 spiro atoms. The van der Waals surface area contributed by atoms with Gasteiger partial charge in [0.25, 0.3) is 0 Å². The highest BCUT2D eigenvalue weighted by molar-refractivity contribution is 5.25. The Kier molecular flexibility index (Phi) is 26.0. The van der Waals surface area contributed by atoms with Gasteiger partial charge < -0.3 is 0 Å². The number of hydrogen-bond acceptors (Lipinski definition) is 0. The van der Waals surface area contributed by atoms with Crippen LogP contribution in [0.1, 0.15) is 94.9 Å². The topological polar surface area (TPSA) is 0 Å². The van der Waals surface area contributed by atoms with Gasteiger partial charge in [0, 0.05) is 0 Å². The van der Waals surface area contributed by atoms with Gasteiger partial charge in [0.2, 0.25) is 0 Å². The maximum atomic E-state index is 3.00. The maximum absolute atomic E-state index is 3.00. The highest BCUT2D eigenvalue weighted by atomic mass is 14.2. The second-order valence-electron chi connectivity index (χ2n) is 9.12. The van der Waals surface area contributed by atoms with E-state index < -0.39 is 0 Å². The first-order valence-electron chi connectivity index (χ1n) is 12.3. The van der Waals surface area contributed by atoms with Crippen molar-refractivity contribution in [2.24, 2.45) is 5.41 Å². The van der Waals surface area contributed by atoms with Crippen LogP contribution in [-0.4, -0.2) is 0 Å². The Morgan fingerprint density at radius 2 is 1.45 bits per heavy atom. The van der Waals surface area contributed by atoms with Crippen molar-refractivity contribution < 1.29 is 0 Å². The first-order chi connectivity index (χ1) is 15.6. The van der Waals surface area contributed by atoms with Crippen LogP contribution >= 0.6 is 0 Å². The average Bonchev–Trinajstić information content (AvgIpc) is 2.74. The highest BCUT2D eigenvalue weighted by Crippen LogP contribution is 2.32. The van der Waals surface area contributed by atoms with Gasteiger partial charge in [0.15, 0.2) is 0 Å². The zero-order chi connectivity index (χ0) is 26.1. The molecule has 0 bridgehead atoms. The summed E-state index contributed by atoms with van der Waals surface area (Å²) in [5.41, 5.74) is 5.96. The minimum atomic E-state index is 0.488. The predicted octanol–water partition coefficient (Wildman–Crippen LogP) is 11.5. The van der Waals surface area contributed by atoms with Gasteiger partial charge in [-0.1, -0.05) is 116 Å². The summed E-state index contributed by atoms with van der Waals surface area (Å²) in [5.74, 6) is 0. The molecule has 0 saturated heterocycles. The van der Waals surface area contributed by atoms with Gasteiger partial charge in [-0.2, -0.15) is 0 Å². The quantitative estimate of drug-likeness (QED) is 0.279. The fourth-order valence-electron chi connectivity index (χ4n) is 3.00. The third-order valence-electron chi connectivity index (χ3n) is 4.53. The van der Waals surface area contributed by atoms with E-state index in [1.54, 1.807) is 5.57 Å². The molecule has 0 saturated carbocycles. The van der Waals surface area contributed by atoms with Gasteiger partial charge >= 0.3 is 0 Å². The summed E-state index contributed by atoms with van der Waals surface area (Å²) in [4.78, 5) is 0. The zero-order valence-electron chi connectivity index (χ0n) is 23.7. The predicted molar refractivity (Wildman–Crippen MR) is 158 cm³/mol. The van der Waals surface area contributed by atoms with Crippen molar-refractivity contribution in [3.63, 3.8) is 0 Å². The van der Waals surface area contributed by atoms with E-state index >= 15 is 0 Å². The van der Waals surface area contributed by atoms with Crippen molar-refractivity contribution in [1.29, 1.82) is 0 Å². The van der Waals surface area contributed by atoms with Gasteiger partial charge in [-0.25, -0.2) is 0 Å². The number of rotatable bonds is 6. The van der Waals surface area contributed by atoms with E-state index in [-0.39, 0.29) is 0 Å². The standard InChI is InChI=1S/C12H18.C10H16.C9H16.C2H4/c1-5-6-9-12(4)10-7-8-11(2)3;1-4-6-7-9-10(3)8-5-2;1-8-5-4-6-9(2,3)7-8;1-2/h5-10H,1-4H3;5-9H,4H2,1-3H3;7H,4-6H2,1-3H3;1-2H2/b6-5+,10-7+,12-9+;7-6+,8-5+,10-9+;;. The van der Waals surface area contributed by atoms with Crippen LogP contribution in [0.5, 0.6) is 0 Å². The van der Waals surface area contributed by atoms with E-state index in [9.17, 15) is 0 Å². The Balaban J connectivity index is -0.000000397. The molecule has 33 heavy (non-hydrogen) atoms. The van der Waals surface area contributed by atoms with Crippen LogP contribution in [-0.2, 0) is 0 Å². The van der Waals surface area contributed by atoms with E-state index in [1.807, 2.05) is 32.1 Å². The minimum absolute atomic E-state index is 0.488. The van der Waals surface area contributed by atoms with E-state index in [1.165, 1.54) is 36.0 Å². The maximum Gasteiger partial charge on any atom is -0.0172 e. The monoisotopic (exact) mass is 450 g/mol. The first-order valence-corrected chi connectivity index (χ1v) is 12.3. The Morgan fingerprint density at radius 1 is 0.879 bits per heavy atom. The molecule has 0 heterocycles. The Labute approximate surface area is 208 Å². The van der Waals surface area contributed by atoms with Crippen molar-refractivity contribution in [2.45, 2.75) is 94.9 Å². The summed E-state index contributed by atoms with van der Waals surface area (Å²) in [6.45, 7) is 27.4. The fraction of sp³-hybridized carbons (Fsp3) is 0.455. The van der Waals surface area contributed by atoms with Crippen LogP contribution in [0.2, 0.25) is 0 Å². The highest BCUT2D eigenvalue weighted by Gasteiger charge is 2.17. The van der Waals surface area contributed by atoms with E-state index in [2.05, 4.69) is 123 Å². The van der Waals surface area contributed by atoms with Crippen LogP contribution in [0, 0.1) is 5.41 Å². The number of hydrogen-bond donors (Lipinski definition) is 0. The molecule has 0 aromatic rings. The van der Waals surface area contributed by atoms with E-state index in [4.69, 9.17) is 0 Å². The molecule has 0 nitrogen and oxygen atoms in total. The summed E-state index contributed by atoms with van der Waals surface area (Å²) in [6.07, 6.45) is 30.5. The molecule has 0 aromatic heterocycles. The lowest BCUT2D eigenvalue weighted by atomic mass is 9.80. The second kappa shape index (κ2) is 24.3. The van der Waals surface area contributed by atoms with Gasteiger partial charge in [0.1, 0.15) is 0 Å². The molecule has 0 amide bonds. The molecule has 0 fully saturated rings. The molecule has 186 valence electrons. The minimum Gasteiger partial charge on any atom is -0.106 e. The lowest BCUT2D eigenvalue weighted by Gasteiger charge is -2.25. The van der Waals surface area contributed by atoms with E-state index in [0.29, 0.717) is 5.41 Å². The van der Waals surface area contributed by atoms with Gasteiger partial charge in [-0.3, -0.25) is 0 Å². The molecule has 0 aliphatic heterocycles. The molecule has 0 radical (unpaired) electrons. The fourth-order valence-corrected chi connectivity index (χ4v) is 3.00. The Morgan fingerprint density at radius 3 is 1.88 bits per heavy atom. The third kappa shape index (κ3) is 29.7. The lowest BCUT2D eigenvalue weighted by Crippen LogP contribution is -2.11. The van der Waals surface area contributed by atoms with Crippen LogP contribution in [0.25, 0.3) is 0 Å². The second-order valence-corrected chi connectivity index (χ2v) is 9.12. The summed E-state index contributed by atoms with van der Waals surface area (Å²) in [5, 5.41) is 0. The van der Waals surface area contributed by atoms with Crippen molar-refractivity contribution in [2.75, 3.05) is 0 Å². The van der Waals surface area contributed by atoms with Crippen LogP contribution < -0.4 is 0 Å². The van der Waals surface area contributed by atoms with Crippen molar-refractivity contribution in [3.8, 4) is 0 Å². The van der Waals surface area contributed by atoms with Crippen molar-refractivity contribution >= 4 is 0 Å². The van der Waals surface area contributed by atoms with E-state index in [0.717, 1.165) is 6.42 Å². The van der Waals surface area contributed by atoms with Crippen LogP contribution in [0.3, 0.4) is 0 Å². The summed E-state index contributed by atoms with van der Waals surface area (Å²) < 4.78 is 0. The SMILES string of the molecule is C/C=C/C(C)=C/C=C/CC.C/C=C/C=C(C)/C=C/C=C(C)C.C=C.CC1=CC(C)(C)CCC1. The summed E-state index contributed by atoms with van der Waals surface area (Å²) in [6, 6.07) is 0. The largest absolute Gasteiger partial charge is 0.106 e. The molecule has 1 rings (SSSR count). The Bertz CT molecular complexity index is 705. The van der Waals surface area contributed by atoms with Gasteiger partial charge in [0.05, 0.1) is 0 Å². The van der Waals surface area contributed by atoms with Crippen LogP contribution in [0.15, 0.2) is 108 Å². The summed E-state index contributed by atoms with van der Waals surface area (Å²) >= 11 is 0. The smallest absolute Gasteiger partial charge is 0.0172 e. The van der Waals surface area contributed by atoms with Crippen molar-refractivity contribution in [1.82, 2.24) is 0 Å². The number of allylic oxidation sites excluding steroid dienone is 16. The first kappa shape index (κ1) is 35.3. The molecule has 1 aliphatic rings. The summed E-state index contributed by atoms with van der Waals surface area (Å²) in [7, 11) is 0. The van der Waals surface area contributed by atoms with Gasteiger partial charge in [-0.15, -0.1) is 13.2 Å².